The van der Waals surface area contributed by atoms with Crippen molar-refractivity contribution >= 4 is 11.5 Å². The number of nitrogens with one attached hydrogen (secondary N) is 1. The van der Waals surface area contributed by atoms with E-state index in [-0.39, 0.29) is 5.82 Å². The summed E-state index contributed by atoms with van der Waals surface area (Å²) in [5.41, 5.74) is 3.94. The SMILES string of the molecule is COc1cc(-c2c(-c3ccc(F)cc3)nc3ccc(N4C[C@@H](C)N[C@@H](C)C4)nn23)ccn1. The predicted molar refractivity (Wildman–Crippen MR) is 122 cm³/mol. The zero-order valence-electron chi connectivity index (χ0n) is 18.3. The van der Waals surface area contributed by atoms with E-state index in [4.69, 9.17) is 14.8 Å². The number of fused-ring (bicyclic) bond motifs is 1. The topological polar surface area (TPSA) is 67.6 Å². The molecule has 4 aromatic rings. The molecular weight excluding hydrogens is 407 g/mol. The van der Waals surface area contributed by atoms with E-state index in [1.807, 2.05) is 28.8 Å². The van der Waals surface area contributed by atoms with E-state index in [1.54, 1.807) is 25.4 Å². The number of nitrogens with zero attached hydrogens (tertiary/aromatic N) is 5. The highest BCUT2D eigenvalue weighted by atomic mass is 19.1. The molecular formula is C24H25FN6O. The molecule has 1 aliphatic rings. The number of aromatic nitrogens is 4. The number of anilines is 1. The zero-order chi connectivity index (χ0) is 22.2. The molecule has 32 heavy (non-hydrogen) atoms. The van der Waals surface area contributed by atoms with Crippen molar-refractivity contribution in [3.8, 4) is 28.4 Å². The number of methoxy groups -OCH3 is 1. The molecule has 0 bridgehead atoms. The molecule has 0 saturated carbocycles. The average molecular weight is 433 g/mol. The van der Waals surface area contributed by atoms with Crippen molar-refractivity contribution in [2.45, 2.75) is 25.9 Å². The summed E-state index contributed by atoms with van der Waals surface area (Å²) in [4.78, 5) is 11.4. The zero-order valence-corrected chi connectivity index (χ0v) is 18.3. The van der Waals surface area contributed by atoms with Crippen molar-refractivity contribution in [2.24, 2.45) is 0 Å². The smallest absolute Gasteiger partial charge is 0.213 e. The van der Waals surface area contributed by atoms with Gasteiger partial charge in [-0.25, -0.2) is 18.9 Å². The van der Waals surface area contributed by atoms with Crippen molar-refractivity contribution in [3.05, 3.63) is 60.5 Å². The van der Waals surface area contributed by atoms with Gasteiger partial charge in [0.05, 0.1) is 12.8 Å². The van der Waals surface area contributed by atoms with Crippen LogP contribution < -0.4 is 15.0 Å². The molecule has 2 atom stereocenters. The summed E-state index contributed by atoms with van der Waals surface area (Å²) >= 11 is 0. The normalized spacial score (nSPS) is 18.8. The van der Waals surface area contributed by atoms with E-state index < -0.39 is 0 Å². The summed E-state index contributed by atoms with van der Waals surface area (Å²) in [7, 11) is 1.59. The lowest BCUT2D eigenvalue weighted by Gasteiger charge is -2.36. The van der Waals surface area contributed by atoms with Gasteiger partial charge in [-0.15, -0.1) is 5.10 Å². The van der Waals surface area contributed by atoms with E-state index in [0.717, 1.165) is 47.1 Å². The minimum absolute atomic E-state index is 0.285. The standard InChI is InChI=1S/C24H25FN6O/c1-15-13-30(14-16(2)27-15)21-9-8-20-28-23(17-4-6-19(25)7-5-17)24(31(20)29-21)18-10-11-26-22(12-18)32-3/h4-12,15-16,27H,13-14H2,1-3H3/t15-,16+. The first-order valence-corrected chi connectivity index (χ1v) is 10.7. The van der Waals surface area contributed by atoms with Crippen LogP contribution in [0.15, 0.2) is 54.7 Å². The van der Waals surface area contributed by atoms with Crippen LogP contribution in [0.1, 0.15) is 13.8 Å². The molecule has 164 valence electrons. The number of benzene rings is 1. The Kier molecular flexibility index (Phi) is 5.22. The van der Waals surface area contributed by atoms with Crippen LogP contribution in [0.4, 0.5) is 10.2 Å². The molecule has 3 aromatic heterocycles. The molecule has 0 amide bonds. The van der Waals surface area contributed by atoms with E-state index in [2.05, 4.69) is 29.0 Å². The van der Waals surface area contributed by atoms with Gasteiger partial charge in [-0.1, -0.05) is 0 Å². The van der Waals surface area contributed by atoms with Gasteiger partial charge in [0.25, 0.3) is 0 Å². The predicted octanol–water partition coefficient (Wildman–Crippen LogP) is 3.79. The molecule has 0 radical (unpaired) electrons. The van der Waals surface area contributed by atoms with Gasteiger partial charge in [0.2, 0.25) is 5.88 Å². The number of pyridine rings is 1. The molecule has 8 heteroatoms. The van der Waals surface area contributed by atoms with E-state index in [9.17, 15) is 4.39 Å². The van der Waals surface area contributed by atoms with E-state index >= 15 is 0 Å². The maximum Gasteiger partial charge on any atom is 0.213 e. The summed E-state index contributed by atoms with van der Waals surface area (Å²) in [6.07, 6.45) is 1.70. The van der Waals surface area contributed by atoms with Gasteiger partial charge in [-0.2, -0.15) is 0 Å². The van der Waals surface area contributed by atoms with Gasteiger partial charge in [0.1, 0.15) is 17.3 Å². The molecule has 4 heterocycles. The second-order valence-electron chi connectivity index (χ2n) is 8.24. The van der Waals surface area contributed by atoms with Gasteiger partial charge < -0.3 is 15.0 Å². The van der Waals surface area contributed by atoms with Gasteiger partial charge in [0, 0.05) is 48.6 Å². The largest absolute Gasteiger partial charge is 0.481 e. The fraction of sp³-hybridized carbons (Fsp3) is 0.292. The minimum atomic E-state index is -0.285. The summed E-state index contributed by atoms with van der Waals surface area (Å²) in [6, 6.07) is 14.9. The molecule has 0 aliphatic carbocycles. The van der Waals surface area contributed by atoms with Crippen molar-refractivity contribution in [1.82, 2.24) is 24.9 Å². The number of ether oxygens (including phenoxy) is 1. The van der Waals surface area contributed by atoms with Crippen molar-refractivity contribution in [1.29, 1.82) is 0 Å². The Morgan fingerprint density at radius 1 is 1.00 bits per heavy atom. The Hall–Kier alpha value is -3.52. The lowest BCUT2D eigenvalue weighted by molar-refractivity contribution is 0.398. The third-order valence-electron chi connectivity index (χ3n) is 5.68. The van der Waals surface area contributed by atoms with Crippen LogP contribution in [0, 0.1) is 5.82 Å². The van der Waals surface area contributed by atoms with Gasteiger partial charge in [-0.3, -0.25) is 0 Å². The van der Waals surface area contributed by atoms with Gasteiger partial charge in [-0.05, 0) is 56.3 Å². The minimum Gasteiger partial charge on any atom is -0.481 e. The quantitative estimate of drug-likeness (QED) is 0.529. The van der Waals surface area contributed by atoms with Crippen molar-refractivity contribution < 1.29 is 9.13 Å². The Morgan fingerprint density at radius 2 is 1.75 bits per heavy atom. The third kappa shape index (κ3) is 3.78. The highest BCUT2D eigenvalue weighted by Crippen LogP contribution is 2.34. The first-order chi connectivity index (χ1) is 15.5. The Morgan fingerprint density at radius 3 is 2.47 bits per heavy atom. The molecule has 0 spiro atoms. The van der Waals surface area contributed by atoms with Crippen LogP contribution in [0.25, 0.3) is 28.2 Å². The summed E-state index contributed by atoms with van der Waals surface area (Å²) < 4.78 is 20.8. The highest BCUT2D eigenvalue weighted by Gasteiger charge is 2.24. The van der Waals surface area contributed by atoms with E-state index in [1.165, 1.54) is 12.1 Å². The van der Waals surface area contributed by atoms with Gasteiger partial charge in [0.15, 0.2) is 5.65 Å². The number of piperazine rings is 1. The molecule has 1 aliphatic heterocycles. The van der Waals surface area contributed by atoms with Crippen LogP contribution in [-0.2, 0) is 0 Å². The lowest BCUT2D eigenvalue weighted by Crippen LogP contribution is -2.54. The maximum atomic E-state index is 13.6. The van der Waals surface area contributed by atoms with Crippen LogP contribution in [-0.4, -0.2) is 51.9 Å². The van der Waals surface area contributed by atoms with Crippen LogP contribution in [0.5, 0.6) is 5.88 Å². The van der Waals surface area contributed by atoms with Crippen molar-refractivity contribution in [2.75, 3.05) is 25.1 Å². The lowest BCUT2D eigenvalue weighted by atomic mass is 10.1. The molecule has 1 fully saturated rings. The molecule has 5 rings (SSSR count). The monoisotopic (exact) mass is 432 g/mol. The molecule has 7 nitrogen and oxygen atoms in total. The summed E-state index contributed by atoms with van der Waals surface area (Å²) in [6.45, 7) is 6.11. The third-order valence-corrected chi connectivity index (χ3v) is 5.68. The van der Waals surface area contributed by atoms with Crippen molar-refractivity contribution in [3.63, 3.8) is 0 Å². The molecule has 1 aromatic carbocycles. The van der Waals surface area contributed by atoms with E-state index in [0.29, 0.717) is 18.0 Å². The first kappa shape index (κ1) is 20.4. The number of hydrogen-bond donors (Lipinski definition) is 1. The number of hydrogen-bond acceptors (Lipinski definition) is 6. The Bertz CT molecular complexity index is 1250. The number of rotatable bonds is 4. The fourth-order valence-corrected chi connectivity index (χ4v) is 4.34. The Balaban J connectivity index is 1.70. The first-order valence-electron chi connectivity index (χ1n) is 10.7. The Labute approximate surface area is 185 Å². The van der Waals surface area contributed by atoms with Gasteiger partial charge >= 0.3 is 0 Å². The highest BCUT2D eigenvalue weighted by molar-refractivity contribution is 5.82. The molecule has 1 saturated heterocycles. The fourth-order valence-electron chi connectivity index (χ4n) is 4.34. The van der Waals surface area contributed by atoms with Crippen LogP contribution >= 0.6 is 0 Å². The summed E-state index contributed by atoms with van der Waals surface area (Å²) in [5, 5.41) is 8.54. The second kappa shape index (κ2) is 8.20. The maximum absolute atomic E-state index is 13.6. The number of halogens is 1. The second-order valence-corrected chi connectivity index (χ2v) is 8.24. The number of imidazole rings is 1. The van der Waals surface area contributed by atoms with Crippen LogP contribution in [0.2, 0.25) is 0 Å². The summed E-state index contributed by atoms with van der Waals surface area (Å²) in [5.74, 6) is 1.11. The average Bonchev–Trinajstić information content (AvgIpc) is 3.17. The molecule has 0 unspecified atom stereocenters. The van der Waals surface area contributed by atoms with Crippen LogP contribution in [0.3, 0.4) is 0 Å². The molecule has 1 N–H and O–H groups in total.